The maximum atomic E-state index is 12.9. The van der Waals surface area contributed by atoms with Gasteiger partial charge in [-0.15, -0.1) is 0 Å². The summed E-state index contributed by atoms with van der Waals surface area (Å²) in [5.74, 6) is 1.23. The number of carbonyl (C=O) groups excluding carboxylic acids is 2. The fourth-order valence-corrected chi connectivity index (χ4v) is 4.44. The van der Waals surface area contributed by atoms with Crippen molar-refractivity contribution in [2.45, 2.75) is 20.8 Å². The molecule has 0 unspecified atom stereocenters. The number of rotatable bonds is 10. The average Bonchev–Trinajstić information content (AvgIpc) is 3.15. The monoisotopic (exact) mass is 535 g/mol. The molecule has 1 aliphatic rings. The number of ether oxygens (including phenoxy) is 3. The fourth-order valence-electron chi connectivity index (χ4n) is 3.57. The minimum Gasteiger partial charge on any atom is -0.491 e. The van der Waals surface area contributed by atoms with E-state index in [0.717, 1.165) is 34.8 Å². The van der Waals surface area contributed by atoms with E-state index in [0.29, 0.717) is 23.7 Å². The smallest absolute Gasteiger partial charge is 0.293 e. The van der Waals surface area contributed by atoms with Gasteiger partial charge in [0.25, 0.3) is 16.8 Å². The lowest BCUT2D eigenvalue weighted by Gasteiger charge is -2.14. The number of amides is 2. The first-order chi connectivity index (χ1) is 18.2. The van der Waals surface area contributed by atoms with Crippen LogP contribution < -0.4 is 14.2 Å². The molecule has 0 aliphatic carbocycles. The highest BCUT2D eigenvalue weighted by Crippen LogP contribution is 2.36. The Morgan fingerprint density at radius 1 is 1.03 bits per heavy atom. The van der Waals surface area contributed by atoms with Crippen LogP contribution in [-0.2, 0) is 4.79 Å². The fraction of sp³-hybridized carbons (Fsp3) is 0.222. The van der Waals surface area contributed by atoms with E-state index in [1.807, 2.05) is 39.0 Å². The predicted molar refractivity (Wildman–Crippen MR) is 143 cm³/mol. The summed E-state index contributed by atoms with van der Waals surface area (Å²) in [7, 11) is 0. The molecule has 11 heteroatoms. The summed E-state index contributed by atoms with van der Waals surface area (Å²) < 4.78 is 17.2. The van der Waals surface area contributed by atoms with Crippen LogP contribution in [0.3, 0.4) is 0 Å². The van der Waals surface area contributed by atoms with Gasteiger partial charge in [-0.25, -0.2) is 4.98 Å². The van der Waals surface area contributed by atoms with Gasteiger partial charge >= 0.3 is 0 Å². The molecule has 0 atom stereocenters. The molecule has 0 radical (unpaired) electrons. The van der Waals surface area contributed by atoms with E-state index in [4.69, 9.17) is 14.2 Å². The van der Waals surface area contributed by atoms with Crippen LogP contribution in [0.25, 0.3) is 6.08 Å². The highest BCUT2D eigenvalue weighted by molar-refractivity contribution is 8.18. The Balaban J connectivity index is 1.45. The van der Waals surface area contributed by atoms with Crippen LogP contribution in [0.4, 0.5) is 10.5 Å². The lowest BCUT2D eigenvalue weighted by molar-refractivity contribution is -0.385. The molecule has 2 amide bonds. The first-order valence-electron chi connectivity index (χ1n) is 11.8. The summed E-state index contributed by atoms with van der Waals surface area (Å²) >= 11 is 0.864. The summed E-state index contributed by atoms with van der Waals surface area (Å²) in [6, 6.07) is 13.6. The molecule has 4 rings (SSSR count). The highest BCUT2D eigenvalue weighted by atomic mass is 32.2. The second kappa shape index (κ2) is 11.8. The van der Waals surface area contributed by atoms with Crippen LogP contribution in [0.15, 0.2) is 59.6 Å². The van der Waals surface area contributed by atoms with E-state index in [1.54, 1.807) is 24.3 Å². The zero-order chi connectivity index (χ0) is 27.2. The molecule has 1 fully saturated rings. The van der Waals surface area contributed by atoms with Gasteiger partial charge in [0.15, 0.2) is 11.5 Å². The molecule has 38 heavy (non-hydrogen) atoms. The van der Waals surface area contributed by atoms with Gasteiger partial charge in [-0.3, -0.25) is 24.6 Å². The summed E-state index contributed by atoms with van der Waals surface area (Å²) in [6.07, 6.45) is 2.72. The third-order valence-electron chi connectivity index (χ3n) is 5.50. The quantitative estimate of drug-likeness (QED) is 0.177. The molecular formula is C27H25N3O7S. The minimum absolute atomic E-state index is 0.134. The molecule has 1 aliphatic heterocycles. The standard InChI is InChI=1S/C27H25N3O7S/c1-4-35-23-14-19(7-9-21(23)37-25-10-8-20(16-28-25)30(33)34)15-24-26(31)29(27(32)38-24)11-12-36-22-13-17(2)5-6-18(22)3/h5-10,13-16H,4,11-12H2,1-3H3/b24-15-. The number of benzene rings is 2. The Morgan fingerprint density at radius 2 is 1.84 bits per heavy atom. The lowest BCUT2D eigenvalue weighted by Crippen LogP contribution is -2.32. The molecule has 1 aromatic heterocycles. The molecule has 0 spiro atoms. The van der Waals surface area contributed by atoms with E-state index in [-0.39, 0.29) is 34.9 Å². The van der Waals surface area contributed by atoms with E-state index in [2.05, 4.69) is 4.98 Å². The van der Waals surface area contributed by atoms with Crippen molar-refractivity contribution in [2.24, 2.45) is 0 Å². The number of aromatic nitrogens is 1. The molecule has 3 aromatic rings. The van der Waals surface area contributed by atoms with Crippen molar-refractivity contribution in [2.75, 3.05) is 19.8 Å². The van der Waals surface area contributed by atoms with Gasteiger partial charge in [-0.05, 0) is 73.5 Å². The number of hydrogen-bond donors (Lipinski definition) is 0. The van der Waals surface area contributed by atoms with E-state index in [1.165, 1.54) is 17.0 Å². The summed E-state index contributed by atoms with van der Waals surface area (Å²) in [6.45, 7) is 6.39. The Morgan fingerprint density at radius 3 is 2.55 bits per heavy atom. The number of imide groups is 1. The van der Waals surface area contributed by atoms with Crippen molar-refractivity contribution in [3.8, 4) is 23.1 Å². The van der Waals surface area contributed by atoms with Crippen LogP contribution in [0.1, 0.15) is 23.6 Å². The van der Waals surface area contributed by atoms with Crippen LogP contribution in [0.2, 0.25) is 0 Å². The van der Waals surface area contributed by atoms with Gasteiger partial charge < -0.3 is 14.2 Å². The number of carbonyl (C=O) groups is 2. The third kappa shape index (κ3) is 6.30. The molecule has 196 valence electrons. The van der Waals surface area contributed by atoms with Gasteiger partial charge in [-0.2, -0.15) is 0 Å². The summed E-state index contributed by atoms with van der Waals surface area (Å²) in [5.41, 5.74) is 2.52. The maximum absolute atomic E-state index is 12.9. The topological polar surface area (TPSA) is 121 Å². The second-order valence-corrected chi connectivity index (χ2v) is 9.30. The van der Waals surface area contributed by atoms with Crippen molar-refractivity contribution in [3.05, 3.63) is 86.4 Å². The summed E-state index contributed by atoms with van der Waals surface area (Å²) in [5, 5.41) is 10.5. The average molecular weight is 536 g/mol. The van der Waals surface area contributed by atoms with E-state index >= 15 is 0 Å². The molecule has 2 aromatic carbocycles. The molecular weight excluding hydrogens is 510 g/mol. The number of pyridine rings is 1. The number of nitrogens with zero attached hydrogens (tertiary/aromatic N) is 3. The SMILES string of the molecule is CCOc1cc(/C=C2\SC(=O)N(CCOc3cc(C)ccc3C)C2=O)ccc1Oc1ccc([N+](=O)[O-])cn1. The van der Waals surface area contributed by atoms with Crippen LogP contribution >= 0.6 is 11.8 Å². The highest BCUT2D eigenvalue weighted by Gasteiger charge is 2.34. The number of aryl methyl sites for hydroxylation is 2. The Bertz CT molecular complexity index is 1410. The van der Waals surface area contributed by atoms with Crippen molar-refractivity contribution >= 4 is 34.7 Å². The molecule has 0 bridgehead atoms. The predicted octanol–water partition coefficient (Wildman–Crippen LogP) is 5.91. The lowest BCUT2D eigenvalue weighted by atomic mass is 10.1. The first kappa shape index (κ1) is 26.7. The number of thioether (sulfide) groups is 1. The minimum atomic E-state index is -0.545. The number of nitro groups is 1. The van der Waals surface area contributed by atoms with E-state index < -0.39 is 10.8 Å². The molecule has 1 saturated heterocycles. The maximum Gasteiger partial charge on any atom is 0.293 e. The van der Waals surface area contributed by atoms with Gasteiger partial charge in [0.2, 0.25) is 5.88 Å². The largest absolute Gasteiger partial charge is 0.491 e. The zero-order valence-electron chi connectivity index (χ0n) is 21.0. The Hall–Kier alpha value is -4.38. The Kier molecular flexibility index (Phi) is 8.27. The van der Waals surface area contributed by atoms with Crippen LogP contribution in [0.5, 0.6) is 23.1 Å². The molecule has 0 N–H and O–H groups in total. The van der Waals surface area contributed by atoms with Gasteiger partial charge in [0.05, 0.1) is 23.0 Å². The van der Waals surface area contributed by atoms with Gasteiger partial charge in [-0.1, -0.05) is 18.2 Å². The zero-order valence-corrected chi connectivity index (χ0v) is 21.8. The summed E-state index contributed by atoms with van der Waals surface area (Å²) in [4.78, 5) is 41.1. The van der Waals surface area contributed by atoms with Gasteiger partial charge in [0.1, 0.15) is 18.6 Å². The third-order valence-corrected chi connectivity index (χ3v) is 6.41. The van der Waals surface area contributed by atoms with Crippen molar-refractivity contribution in [1.82, 2.24) is 9.88 Å². The molecule has 10 nitrogen and oxygen atoms in total. The van der Waals surface area contributed by atoms with Crippen LogP contribution in [0, 0.1) is 24.0 Å². The van der Waals surface area contributed by atoms with Gasteiger partial charge in [0, 0.05) is 12.1 Å². The number of hydrogen-bond acceptors (Lipinski definition) is 9. The normalized spacial score (nSPS) is 14.2. The first-order valence-corrected chi connectivity index (χ1v) is 12.6. The Labute approximate surface area is 223 Å². The van der Waals surface area contributed by atoms with E-state index in [9.17, 15) is 19.7 Å². The van der Waals surface area contributed by atoms with Crippen molar-refractivity contribution in [3.63, 3.8) is 0 Å². The molecule has 0 saturated carbocycles. The second-order valence-electron chi connectivity index (χ2n) is 8.30. The van der Waals surface area contributed by atoms with Crippen molar-refractivity contribution in [1.29, 1.82) is 0 Å². The van der Waals surface area contributed by atoms with Crippen molar-refractivity contribution < 1.29 is 28.7 Å². The van der Waals surface area contributed by atoms with Crippen LogP contribution in [-0.4, -0.2) is 45.7 Å². The molecule has 2 heterocycles.